The zero-order chi connectivity index (χ0) is 21.1. The number of aromatic nitrogens is 3. The fourth-order valence-corrected chi connectivity index (χ4v) is 3.41. The van der Waals surface area contributed by atoms with Crippen molar-refractivity contribution in [2.24, 2.45) is 0 Å². The minimum absolute atomic E-state index is 0.0466. The molecule has 152 valence electrons. The zero-order valence-electron chi connectivity index (χ0n) is 16.1. The zero-order valence-corrected chi connectivity index (χ0v) is 16.9. The van der Waals surface area contributed by atoms with Gasteiger partial charge >= 0.3 is 0 Å². The van der Waals surface area contributed by atoms with Gasteiger partial charge in [-0.3, -0.25) is 4.79 Å². The van der Waals surface area contributed by atoms with E-state index in [0.717, 1.165) is 11.3 Å². The van der Waals surface area contributed by atoms with Gasteiger partial charge in [0.25, 0.3) is 5.91 Å². The summed E-state index contributed by atoms with van der Waals surface area (Å²) in [5, 5.41) is 11.2. The molecular weight excluding hydrogens is 407 g/mol. The maximum atomic E-state index is 14.3. The molecule has 2 heterocycles. The lowest BCUT2D eigenvalue weighted by molar-refractivity contribution is 0.0953. The van der Waals surface area contributed by atoms with Gasteiger partial charge in [-0.2, -0.15) is 5.10 Å². The summed E-state index contributed by atoms with van der Waals surface area (Å²) in [5.41, 5.74) is 2.23. The van der Waals surface area contributed by atoms with E-state index in [-0.39, 0.29) is 21.8 Å². The van der Waals surface area contributed by atoms with Crippen LogP contribution in [0.5, 0.6) is 0 Å². The summed E-state index contributed by atoms with van der Waals surface area (Å²) in [6, 6.07) is 14.0. The molecule has 0 aliphatic heterocycles. The van der Waals surface area contributed by atoms with Gasteiger partial charge in [0.1, 0.15) is 22.8 Å². The van der Waals surface area contributed by atoms with E-state index in [9.17, 15) is 9.18 Å². The Kier molecular flexibility index (Phi) is 5.63. The number of nitrogens with one attached hydrogen (secondary N) is 1. The summed E-state index contributed by atoms with van der Waals surface area (Å²) in [6.45, 7) is 1.97. The fraction of sp³-hybridized carbons (Fsp3) is 0.136. The minimum Gasteiger partial charge on any atom is -0.360 e. The summed E-state index contributed by atoms with van der Waals surface area (Å²) in [7, 11) is 0. The van der Waals surface area contributed by atoms with Gasteiger partial charge in [0.15, 0.2) is 0 Å². The average Bonchev–Trinajstić information content (AvgIpc) is 3.36. The van der Waals surface area contributed by atoms with Gasteiger partial charge in [-0.05, 0) is 43.2 Å². The molecule has 0 aliphatic rings. The number of nitrogens with zero attached hydrogens (tertiary/aromatic N) is 3. The minimum atomic E-state index is -0.571. The van der Waals surface area contributed by atoms with Crippen molar-refractivity contribution in [2.75, 3.05) is 6.54 Å². The molecule has 1 amide bonds. The molecule has 0 spiro atoms. The second-order valence-corrected chi connectivity index (χ2v) is 7.10. The number of benzene rings is 2. The van der Waals surface area contributed by atoms with Crippen molar-refractivity contribution in [3.63, 3.8) is 0 Å². The Morgan fingerprint density at radius 2 is 2.00 bits per heavy atom. The number of hydrogen-bond acceptors (Lipinski definition) is 4. The molecule has 1 N–H and O–H groups in total. The Morgan fingerprint density at radius 3 is 2.77 bits per heavy atom. The summed E-state index contributed by atoms with van der Waals surface area (Å²) in [5.74, 6) is -0.685. The van der Waals surface area contributed by atoms with Crippen molar-refractivity contribution in [1.29, 1.82) is 0 Å². The van der Waals surface area contributed by atoms with Gasteiger partial charge in [-0.25, -0.2) is 9.07 Å². The maximum Gasteiger partial charge on any atom is 0.257 e. The van der Waals surface area contributed by atoms with Crippen molar-refractivity contribution in [3.05, 3.63) is 88.7 Å². The van der Waals surface area contributed by atoms with Crippen molar-refractivity contribution in [3.8, 4) is 16.9 Å². The topological polar surface area (TPSA) is 73.0 Å². The second kappa shape index (κ2) is 8.51. The fourth-order valence-electron chi connectivity index (χ4n) is 3.15. The quantitative estimate of drug-likeness (QED) is 0.491. The van der Waals surface area contributed by atoms with Crippen LogP contribution in [-0.2, 0) is 6.42 Å². The Balaban J connectivity index is 1.46. The standard InChI is InChI=1S/C22H18ClFN4O2/c1-14-19(21(27-30-14)20-17(23)8-5-9-18(20)24)22(29)25-11-10-15-12-26-28(13-15)16-6-3-2-4-7-16/h2-9,12-13H,10-11H2,1H3,(H,25,29). The van der Waals surface area contributed by atoms with Gasteiger partial charge in [0, 0.05) is 12.7 Å². The first-order valence-electron chi connectivity index (χ1n) is 9.32. The van der Waals surface area contributed by atoms with Crippen LogP contribution in [0.1, 0.15) is 21.7 Å². The number of para-hydroxylation sites is 1. The number of rotatable bonds is 6. The molecule has 2 aromatic heterocycles. The van der Waals surface area contributed by atoms with Crippen LogP contribution in [0.15, 0.2) is 65.4 Å². The number of aryl methyl sites for hydroxylation is 1. The van der Waals surface area contributed by atoms with E-state index in [4.69, 9.17) is 16.1 Å². The molecule has 0 atom stereocenters. The molecule has 2 aromatic carbocycles. The van der Waals surface area contributed by atoms with Crippen molar-refractivity contribution in [2.45, 2.75) is 13.3 Å². The van der Waals surface area contributed by atoms with Crippen LogP contribution in [0, 0.1) is 12.7 Å². The first kappa shape index (κ1) is 19.8. The normalized spacial score (nSPS) is 10.9. The van der Waals surface area contributed by atoms with Crippen LogP contribution >= 0.6 is 11.6 Å². The van der Waals surface area contributed by atoms with Gasteiger partial charge in [0.2, 0.25) is 0 Å². The molecule has 0 saturated carbocycles. The SMILES string of the molecule is Cc1onc(-c2c(F)cccc2Cl)c1C(=O)NCCc1cnn(-c2ccccc2)c1. The monoisotopic (exact) mass is 424 g/mol. The molecule has 8 heteroatoms. The number of halogens is 2. The Labute approximate surface area is 177 Å². The van der Waals surface area contributed by atoms with Crippen LogP contribution in [0.2, 0.25) is 5.02 Å². The van der Waals surface area contributed by atoms with Crippen LogP contribution in [-0.4, -0.2) is 27.4 Å². The third-order valence-electron chi connectivity index (χ3n) is 4.65. The van der Waals surface area contributed by atoms with E-state index in [1.807, 2.05) is 36.5 Å². The number of carbonyl (C=O) groups is 1. The van der Waals surface area contributed by atoms with Crippen molar-refractivity contribution in [1.82, 2.24) is 20.3 Å². The summed E-state index contributed by atoms with van der Waals surface area (Å²) in [6.07, 6.45) is 4.25. The summed E-state index contributed by atoms with van der Waals surface area (Å²) < 4.78 is 21.2. The van der Waals surface area contributed by atoms with Crippen LogP contribution in [0.25, 0.3) is 16.9 Å². The van der Waals surface area contributed by atoms with Crippen LogP contribution in [0.4, 0.5) is 4.39 Å². The first-order valence-corrected chi connectivity index (χ1v) is 9.70. The Hall–Kier alpha value is -3.45. The molecule has 0 bridgehead atoms. The predicted octanol–water partition coefficient (Wildman–Crippen LogP) is 4.60. The lowest BCUT2D eigenvalue weighted by atomic mass is 10.0. The van der Waals surface area contributed by atoms with E-state index in [1.54, 1.807) is 17.8 Å². The first-order chi connectivity index (χ1) is 14.5. The van der Waals surface area contributed by atoms with E-state index in [2.05, 4.69) is 15.6 Å². The number of hydrogen-bond donors (Lipinski definition) is 1. The molecule has 0 radical (unpaired) electrons. The van der Waals surface area contributed by atoms with Crippen molar-refractivity contribution < 1.29 is 13.7 Å². The Morgan fingerprint density at radius 1 is 1.20 bits per heavy atom. The molecule has 0 saturated heterocycles. The highest BCUT2D eigenvalue weighted by atomic mass is 35.5. The number of carbonyl (C=O) groups excluding carboxylic acids is 1. The largest absolute Gasteiger partial charge is 0.360 e. The van der Waals surface area contributed by atoms with Crippen LogP contribution in [0.3, 0.4) is 0 Å². The summed E-state index contributed by atoms with van der Waals surface area (Å²) >= 11 is 6.12. The lowest BCUT2D eigenvalue weighted by Gasteiger charge is -2.07. The highest BCUT2D eigenvalue weighted by molar-refractivity contribution is 6.33. The molecule has 4 rings (SSSR count). The molecule has 6 nitrogen and oxygen atoms in total. The molecule has 30 heavy (non-hydrogen) atoms. The van der Waals surface area contributed by atoms with Gasteiger partial charge in [-0.1, -0.05) is 41.0 Å². The summed E-state index contributed by atoms with van der Waals surface area (Å²) in [4.78, 5) is 12.8. The lowest BCUT2D eigenvalue weighted by Crippen LogP contribution is -2.26. The average molecular weight is 425 g/mol. The van der Waals surface area contributed by atoms with E-state index >= 15 is 0 Å². The van der Waals surface area contributed by atoms with E-state index in [0.29, 0.717) is 18.7 Å². The molecule has 0 fully saturated rings. The van der Waals surface area contributed by atoms with E-state index < -0.39 is 11.7 Å². The van der Waals surface area contributed by atoms with E-state index in [1.165, 1.54) is 18.2 Å². The molecular formula is C22H18ClFN4O2. The van der Waals surface area contributed by atoms with Gasteiger partial charge < -0.3 is 9.84 Å². The Bertz CT molecular complexity index is 1170. The smallest absolute Gasteiger partial charge is 0.257 e. The second-order valence-electron chi connectivity index (χ2n) is 6.69. The van der Waals surface area contributed by atoms with Gasteiger partial charge in [0.05, 0.1) is 22.5 Å². The number of amides is 1. The third-order valence-corrected chi connectivity index (χ3v) is 4.96. The molecule has 4 aromatic rings. The van der Waals surface area contributed by atoms with Crippen molar-refractivity contribution >= 4 is 17.5 Å². The predicted molar refractivity (Wildman–Crippen MR) is 111 cm³/mol. The molecule has 0 aliphatic carbocycles. The van der Waals surface area contributed by atoms with Gasteiger partial charge in [-0.15, -0.1) is 0 Å². The third kappa shape index (κ3) is 3.97. The highest BCUT2D eigenvalue weighted by Crippen LogP contribution is 2.33. The van der Waals surface area contributed by atoms with Crippen LogP contribution < -0.4 is 5.32 Å². The maximum absolute atomic E-state index is 14.3. The molecule has 0 unspecified atom stereocenters. The highest BCUT2D eigenvalue weighted by Gasteiger charge is 2.25.